The zero-order chi connectivity index (χ0) is 37.0. The average molecular weight is 722 g/mol. The van der Waals surface area contributed by atoms with Gasteiger partial charge in [-0.3, -0.25) is 4.90 Å². The van der Waals surface area contributed by atoms with Gasteiger partial charge in [-0.15, -0.1) is 0 Å². The van der Waals surface area contributed by atoms with E-state index in [0.29, 0.717) is 17.7 Å². The van der Waals surface area contributed by atoms with Crippen LogP contribution in [0.25, 0.3) is 66.7 Å². The van der Waals surface area contributed by atoms with Gasteiger partial charge < -0.3 is 4.57 Å². The molecular formula is C51H39N5. The highest BCUT2D eigenvalue weighted by Crippen LogP contribution is 2.52. The predicted molar refractivity (Wildman–Crippen MR) is 230 cm³/mol. The Hall–Kier alpha value is -6.85. The van der Waals surface area contributed by atoms with Crippen LogP contribution in [0.4, 0.5) is 11.6 Å². The summed E-state index contributed by atoms with van der Waals surface area (Å²) in [5, 5.41) is 2.53. The third-order valence-electron chi connectivity index (χ3n) is 11.7. The monoisotopic (exact) mass is 721 g/mol. The van der Waals surface area contributed by atoms with Gasteiger partial charge in [0.05, 0.1) is 16.7 Å². The molecule has 0 amide bonds. The highest BCUT2D eigenvalue weighted by molar-refractivity contribution is 6.10. The van der Waals surface area contributed by atoms with Gasteiger partial charge in [0.25, 0.3) is 0 Å². The van der Waals surface area contributed by atoms with Crippen molar-refractivity contribution in [2.45, 2.75) is 38.0 Å². The molecule has 6 aromatic carbocycles. The minimum absolute atomic E-state index is 0.328. The SMILES string of the molecule is C1=CCCC(c2nc(-c3ccccc3)nc(N3C4=CCCC[C@@H]4c4ccc(-c5ccc(-c6ccc7c8ccccc8n(-c8ccccc8)c7c6)cc5)cc43)n2)=C1. The van der Waals surface area contributed by atoms with Crippen LogP contribution in [-0.2, 0) is 0 Å². The summed E-state index contributed by atoms with van der Waals surface area (Å²) in [6.07, 6.45) is 14.2. The Kier molecular flexibility index (Phi) is 7.83. The lowest BCUT2D eigenvalue weighted by molar-refractivity contribution is 0.632. The minimum atomic E-state index is 0.328. The van der Waals surface area contributed by atoms with Crippen LogP contribution in [0, 0.1) is 0 Å². The Morgan fingerprint density at radius 3 is 2.05 bits per heavy atom. The maximum Gasteiger partial charge on any atom is 0.238 e. The first kappa shape index (κ1) is 32.6. The van der Waals surface area contributed by atoms with Gasteiger partial charge >= 0.3 is 0 Å². The minimum Gasteiger partial charge on any atom is -0.309 e. The van der Waals surface area contributed by atoms with Crippen molar-refractivity contribution in [2.75, 3.05) is 4.90 Å². The number of aromatic nitrogens is 4. The maximum absolute atomic E-state index is 5.22. The van der Waals surface area contributed by atoms with E-state index in [1.807, 2.05) is 18.2 Å². The highest BCUT2D eigenvalue weighted by atomic mass is 15.3. The molecule has 0 saturated carbocycles. The lowest BCUT2D eigenvalue weighted by Gasteiger charge is -2.25. The van der Waals surface area contributed by atoms with Crippen LogP contribution in [0.2, 0.25) is 0 Å². The second kappa shape index (κ2) is 13.5. The van der Waals surface area contributed by atoms with Crippen LogP contribution in [0.3, 0.4) is 0 Å². The largest absolute Gasteiger partial charge is 0.309 e. The Labute approximate surface area is 326 Å². The summed E-state index contributed by atoms with van der Waals surface area (Å²) < 4.78 is 2.38. The van der Waals surface area contributed by atoms with E-state index in [2.05, 4.69) is 161 Å². The third kappa shape index (κ3) is 5.50. The lowest BCUT2D eigenvalue weighted by atomic mass is 9.88. The zero-order valence-electron chi connectivity index (χ0n) is 31.0. The number of hydrogen-bond donors (Lipinski definition) is 0. The molecule has 0 radical (unpaired) electrons. The number of para-hydroxylation sites is 2. The van der Waals surface area contributed by atoms with Crippen molar-refractivity contribution in [1.29, 1.82) is 0 Å². The molecule has 0 unspecified atom stereocenters. The number of nitrogens with zero attached hydrogens (tertiary/aromatic N) is 5. The molecule has 3 heterocycles. The fourth-order valence-electron chi connectivity index (χ4n) is 8.97. The summed E-state index contributed by atoms with van der Waals surface area (Å²) in [6, 6.07) is 52.6. The molecule has 11 rings (SSSR count). The molecule has 56 heavy (non-hydrogen) atoms. The van der Waals surface area contributed by atoms with Gasteiger partial charge in [0.2, 0.25) is 5.95 Å². The molecule has 0 bridgehead atoms. The molecule has 1 aliphatic heterocycles. The number of hydrogen-bond acceptors (Lipinski definition) is 4. The molecule has 268 valence electrons. The van der Waals surface area contributed by atoms with E-state index in [1.165, 1.54) is 67.4 Å². The van der Waals surface area contributed by atoms with Gasteiger partial charge in [0.1, 0.15) is 0 Å². The van der Waals surface area contributed by atoms with Crippen molar-refractivity contribution in [3.8, 4) is 39.3 Å². The number of anilines is 2. The van der Waals surface area contributed by atoms with Gasteiger partial charge in [-0.05, 0) is 95.8 Å². The quantitative estimate of drug-likeness (QED) is 0.171. The Morgan fingerprint density at radius 1 is 0.554 bits per heavy atom. The molecule has 1 atom stereocenters. The van der Waals surface area contributed by atoms with Gasteiger partial charge in [-0.25, -0.2) is 4.98 Å². The lowest BCUT2D eigenvalue weighted by Crippen LogP contribution is -2.19. The maximum atomic E-state index is 5.22. The van der Waals surface area contributed by atoms with E-state index >= 15 is 0 Å². The fraction of sp³-hybridized carbons (Fsp3) is 0.118. The van der Waals surface area contributed by atoms with E-state index < -0.39 is 0 Å². The Morgan fingerprint density at radius 2 is 1.25 bits per heavy atom. The molecule has 3 aliphatic rings. The van der Waals surface area contributed by atoms with Crippen molar-refractivity contribution in [3.05, 3.63) is 187 Å². The molecule has 0 N–H and O–H groups in total. The standard InChI is InChI=1S/C51H39N5/c1-4-14-36(15-5-1)49-52-50(37-16-6-2-7-17-37)54-51(53-49)56-46-23-13-11-21-42(46)44-31-29-39(33-48(44)56)35-26-24-34(25-27-35)38-28-30-43-41-20-10-12-22-45(41)55(47(43)32-38)40-18-8-3-9-19-40/h1-6,8-10,12,14-16,18-20,22-33,42H,7,11,13,17,21H2/t42-/m1/s1. The van der Waals surface area contributed by atoms with Crippen molar-refractivity contribution in [3.63, 3.8) is 0 Å². The first-order valence-electron chi connectivity index (χ1n) is 19.8. The van der Waals surface area contributed by atoms with E-state index in [9.17, 15) is 0 Å². The molecule has 2 aromatic heterocycles. The second-order valence-electron chi connectivity index (χ2n) is 15.0. The van der Waals surface area contributed by atoms with E-state index in [-0.39, 0.29) is 0 Å². The summed E-state index contributed by atoms with van der Waals surface area (Å²) >= 11 is 0. The molecule has 0 spiro atoms. The van der Waals surface area contributed by atoms with Gasteiger partial charge in [0.15, 0.2) is 11.6 Å². The van der Waals surface area contributed by atoms with Crippen molar-refractivity contribution >= 4 is 39.0 Å². The Bertz CT molecular complexity index is 2880. The van der Waals surface area contributed by atoms with E-state index in [4.69, 9.17) is 15.0 Å². The number of benzene rings is 6. The zero-order valence-corrected chi connectivity index (χ0v) is 31.0. The first-order valence-corrected chi connectivity index (χ1v) is 19.8. The van der Waals surface area contributed by atoms with Gasteiger partial charge in [-0.1, -0.05) is 140 Å². The molecular weight excluding hydrogens is 683 g/mol. The second-order valence-corrected chi connectivity index (χ2v) is 15.0. The summed E-state index contributed by atoms with van der Waals surface area (Å²) in [5.41, 5.74) is 14.3. The molecule has 5 nitrogen and oxygen atoms in total. The highest BCUT2D eigenvalue weighted by Gasteiger charge is 2.38. The van der Waals surface area contributed by atoms with Crippen molar-refractivity contribution in [1.82, 2.24) is 19.5 Å². The van der Waals surface area contributed by atoms with Gasteiger partial charge in [0, 0.05) is 33.6 Å². The molecule has 0 fully saturated rings. The normalized spacial score (nSPS) is 16.1. The van der Waals surface area contributed by atoms with Crippen LogP contribution in [0.5, 0.6) is 0 Å². The third-order valence-corrected chi connectivity index (χ3v) is 11.7. The summed E-state index contributed by atoms with van der Waals surface area (Å²) in [6.45, 7) is 0. The Balaban J connectivity index is 0.989. The number of allylic oxidation sites excluding steroid dienone is 6. The summed E-state index contributed by atoms with van der Waals surface area (Å²) in [4.78, 5) is 17.8. The smallest absolute Gasteiger partial charge is 0.238 e. The molecule has 8 aromatic rings. The van der Waals surface area contributed by atoms with E-state index in [0.717, 1.165) is 48.3 Å². The van der Waals surface area contributed by atoms with Crippen LogP contribution < -0.4 is 4.90 Å². The van der Waals surface area contributed by atoms with Gasteiger partial charge in [-0.2, -0.15) is 9.97 Å². The summed E-state index contributed by atoms with van der Waals surface area (Å²) in [5.74, 6) is 2.48. The average Bonchev–Trinajstić information content (AvgIpc) is 3.79. The van der Waals surface area contributed by atoms with Crippen molar-refractivity contribution in [2.24, 2.45) is 0 Å². The summed E-state index contributed by atoms with van der Waals surface area (Å²) in [7, 11) is 0. The number of rotatable bonds is 6. The van der Waals surface area contributed by atoms with E-state index in [1.54, 1.807) is 0 Å². The van der Waals surface area contributed by atoms with Crippen LogP contribution in [-0.4, -0.2) is 19.5 Å². The van der Waals surface area contributed by atoms with Crippen LogP contribution in [0.1, 0.15) is 49.4 Å². The number of fused-ring (bicyclic) bond motifs is 6. The first-order chi connectivity index (χ1) is 27.8. The van der Waals surface area contributed by atoms with Crippen molar-refractivity contribution < 1.29 is 0 Å². The molecule has 5 heteroatoms. The van der Waals surface area contributed by atoms with Crippen LogP contribution in [0.15, 0.2) is 176 Å². The molecule has 2 aliphatic carbocycles. The predicted octanol–water partition coefficient (Wildman–Crippen LogP) is 13.0. The fourth-order valence-corrected chi connectivity index (χ4v) is 8.97. The topological polar surface area (TPSA) is 46.8 Å². The molecule has 0 saturated heterocycles. The van der Waals surface area contributed by atoms with Crippen LogP contribution >= 0.6 is 0 Å².